The van der Waals surface area contributed by atoms with Crippen molar-refractivity contribution in [2.45, 2.75) is 12.2 Å². The molecule has 1 aromatic rings. The number of nitrogens with zero attached hydrogens (tertiary/aromatic N) is 2. The first-order valence-corrected chi connectivity index (χ1v) is 7.24. The van der Waals surface area contributed by atoms with Crippen LogP contribution in [0.2, 0.25) is 5.02 Å². The normalized spacial score (nSPS) is 21.4. The molecule has 18 heavy (non-hydrogen) atoms. The molecule has 1 aliphatic rings. The van der Waals surface area contributed by atoms with E-state index < -0.39 is 0 Å². The molecule has 1 N–H and O–H groups in total. The number of hydrogen-bond acceptors (Lipinski definition) is 3. The third-order valence-electron chi connectivity index (χ3n) is 2.49. The smallest absolute Gasteiger partial charge is 0.179 e. The van der Waals surface area contributed by atoms with E-state index in [1.165, 1.54) is 0 Å². The Morgan fingerprint density at radius 1 is 1.61 bits per heavy atom. The molecule has 1 atom stereocenters. The van der Waals surface area contributed by atoms with Crippen LogP contribution in [0.25, 0.3) is 0 Å². The summed E-state index contributed by atoms with van der Waals surface area (Å²) in [6.07, 6.45) is 0. The van der Waals surface area contributed by atoms with Crippen LogP contribution >= 0.6 is 35.6 Å². The van der Waals surface area contributed by atoms with Crippen LogP contribution in [0, 0.1) is 0 Å². The number of nitrogens with one attached hydrogen (secondary N) is 1. The number of benzene rings is 1. The van der Waals surface area contributed by atoms with Crippen LogP contribution in [0.5, 0.6) is 0 Å². The van der Waals surface area contributed by atoms with Crippen LogP contribution in [0.4, 0.5) is 5.69 Å². The highest BCUT2D eigenvalue weighted by Gasteiger charge is 2.28. The highest BCUT2D eigenvalue weighted by molar-refractivity contribution is 8.14. The van der Waals surface area contributed by atoms with E-state index in [2.05, 4.69) is 17.2 Å². The lowest BCUT2D eigenvalue weighted by Gasteiger charge is -2.19. The molecule has 1 unspecified atom stereocenters. The van der Waals surface area contributed by atoms with Crippen molar-refractivity contribution in [1.29, 1.82) is 0 Å². The van der Waals surface area contributed by atoms with E-state index in [1.54, 1.807) is 18.8 Å². The summed E-state index contributed by atoms with van der Waals surface area (Å²) in [4.78, 5) is 6.27. The van der Waals surface area contributed by atoms with E-state index in [0.717, 1.165) is 17.4 Å². The summed E-state index contributed by atoms with van der Waals surface area (Å²) < 4.78 is 0. The summed E-state index contributed by atoms with van der Waals surface area (Å²) in [6.45, 7) is 3.04. The Kier molecular flexibility index (Phi) is 4.48. The van der Waals surface area contributed by atoms with Gasteiger partial charge in [0, 0.05) is 29.6 Å². The van der Waals surface area contributed by atoms with Crippen LogP contribution < -0.4 is 5.32 Å². The van der Waals surface area contributed by atoms with Crippen molar-refractivity contribution < 1.29 is 0 Å². The average molecular weight is 300 g/mol. The van der Waals surface area contributed by atoms with Gasteiger partial charge < -0.3 is 5.32 Å². The maximum Gasteiger partial charge on any atom is 0.179 e. The van der Waals surface area contributed by atoms with Crippen molar-refractivity contribution in [3.05, 3.63) is 29.3 Å². The number of hydrogen-bond donors (Lipinski definition) is 1. The Bertz CT molecular complexity index is 490. The van der Waals surface area contributed by atoms with Crippen molar-refractivity contribution in [2.75, 3.05) is 18.9 Å². The molecular formula is C12H14ClN3S2. The minimum Gasteiger partial charge on any atom is -0.332 e. The molecule has 0 aromatic heterocycles. The van der Waals surface area contributed by atoms with Crippen molar-refractivity contribution in [2.24, 2.45) is 4.99 Å². The zero-order valence-electron chi connectivity index (χ0n) is 10.2. The summed E-state index contributed by atoms with van der Waals surface area (Å²) >= 11 is 13.1. The standard InChI is InChI=1S/C12H14ClN3S2/c1-8-7-16(12(14-2)18-8)11(17)15-10-5-3-4-9(13)6-10/h3-6,8H,7H2,1-2H3,(H,15,17). The third kappa shape index (κ3) is 3.16. The fourth-order valence-electron chi connectivity index (χ4n) is 1.72. The highest BCUT2D eigenvalue weighted by atomic mass is 35.5. The van der Waals surface area contributed by atoms with Gasteiger partial charge >= 0.3 is 0 Å². The first-order valence-electron chi connectivity index (χ1n) is 5.57. The predicted octanol–water partition coefficient (Wildman–Crippen LogP) is 3.46. The summed E-state index contributed by atoms with van der Waals surface area (Å²) in [5.41, 5.74) is 0.896. The Morgan fingerprint density at radius 3 is 3.06 bits per heavy atom. The molecule has 6 heteroatoms. The molecule has 1 saturated heterocycles. The second kappa shape index (κ2) is 5.91. The van der Waals surface area contributed by atoms with Gasteiger partial charge in [0.2, 0.25) is 0 Å². The largest absolute Gasteiger partial charge is 0.332 e. The van der Waals surface area contributed by atoms with Crippen molar-refractivity contribution in [3.8, 4) is 0 Å². The van der Waals surface area contributed by atoms with Crippen LogP contribution in [0.15, 0.2) is 29.3 Å². The van der Waals surface area contributed by atoms with Crippen molar-refractivity contribution in [3.63, 3.8) is 0 Å². The van der Waals surface area contributed by atoms with E-state index in [9.17, 15) is 0 Å². The Hall–Kier alpha value is -0.780. The molecule has 3 nitrogen and oxygen atoms in total. The van der Waals surface area contributed by atoms with E-state index in [-0.39, 0.29) is 0 Å². The summed E-state index contributed by atoms with van der Waals surface area (Å²) in [5, 5.41) is 6.00. The Morgan fingerprint density at radius 2 is 2.39 bits per heavy atom. The van der Waals surface area contributed by atoms with Gasteiger partial charge in [0.25, 0.3) is 0 Å². The van der Waals surface area contributed by atoms with Gasteiger partial charge in [-0.25, -0.2) is 0 Å². The fraction of sp³-hybridized carbons (Fsp3) is 0.333. The zero-order chi connectivity index (χ0) is 13.1. The molecule has 1 aromatic carbocycles. The number of amidine groups is 1. The van der Waals surface area contributed by atoms with Crippen molar-refractivity contribution >= 4 is 51.5 Å². The SMILES string of the molecule is CN=C1SC(C)CN1C(=S)Nc1cccc(Cl)c1. The molecule has 96 valence electrons. The lowest BCUT2D eigenvalue weighted by Crippen LogP contribution is -2.36. The quantitative estimate of drug-likeness (QED) is 0.804. The number of thioether (sulfide) groups is 1. The monoisotopic (exact) mass is 299 g/mol. The van der Waals surface area contributed by atoms with Crippen molar-refractivity contribution in [1.82, 2.24) is 4.90 Å². The zero-order valence-corrected chi connectivity index (χ0v) is 12.6. The molecule has 0 aliphatic carbocycles. The number of thiocarbonyl (C=S) groups is 1. The maximum atomic E-state index is 5.94. The molecule has 0 bridgehead atoms. The first-order chi connectivity index (χ1) is 8.60. The van der Waals surface area contributed by atoms with E-state index >= 15 is 0 Å². The highest BCUT2D eigenvalue weighted by Crippen LogP contribution is 2.26. The van der Waals surface area contributed by atoms with Gasteiger partial charge in [-0.05, 0) is 30.4 Å². The molecule has 0 radical (unpaired) electrons. The number of rotatable bonds is 1. The topological polar surface area (TPSA) is 27.6 Å². The predicted molar refractivity (Wildman–Crippen MR) is 84.8 cm³/mol. The minimum atomic E-state index is 0.503. The number of aliphatic imine (C=N–C) groups is 1. The maximum absolute atomic E-state index is 5.94. The summed E-state index contributed by atoms with van der Waals surface area (Å²) in [5.74, 6) is 0. The van der Waals surface area contributed by atoms with Crippen LogP contribution in [0.1, 0.15) is 6.92 Å². The molecule has 0 spiro atoms. The molecule has 2 rings (SSSR count). The fourth-order valence-corrected chi connectivity index (χ4v) is 3.23. The second-order valence-corrected chi connectivity index (χ2v) is 6.21. The van der Waals surface area contributed by atoms with Gasteiger partial charge in [-0.1, -0.05) is 36.4 Å². The average Bonchev–Trinajstić information content (AvgIpc) is 2.70. The summed E-state index contributed by atoms with van der Waals surface area (Å²) in [6, 6.07) is 7.52. The minimum absolute atomic E-state index is 0.503. The van der Waals surface area contributed by atoms with E-state index in [4.69, 9.17) is 23.8 Å². The molecule has 1 heterocycles. The van der Waals surface area contributed by atoms with Crippen LogP contribution in [-0.2, 0) is 0 Å². The summed E-state index contributed by atoms with van der Waals surface area (Å²) in [7, 11) is 1.79. The Balaban J connectivity index is 2.08. The first kappa shape index (κ1) is 13.6. The number of halogens is 1. The van der Waals surface area contributed by atoms with E-state index in [1.807, 2.05) is 29.2 Å². The Labute approximate surface area is 122 Å². The lowest BCUT2D eigenvalue weighted by atomic mass is 10.3. The molecule has 0 saturated carbocycles. The second-order valence-electron chi connectivity index (χ2n) is 3.99. The van der Waals surface area contributed by atoms with Gasteiger partial charge in [-0.3, -0.25) is 9.89 Å². The third-order valence-corrected chi connectivity index (χ3v) is 4.21. The molecule has 1 aliphatic heterocycles. The molecular weight excluding hydrogens is 286 g/mol. The van der Waals surface area contributed by atoms with Gasteiger partial charge in [-0.2, -0.15) is 0 Å². The molecule has 0 amide bonds. The van der Waals surface area contributed by atoms with E-state index in [0.29, 0.717) is 15.4 Å². The van der Waals surface area contributed by atoms with Gasteiger partial charge in [0.15, 0.2) is 10.3 Å². The van der Waals surface area contributed by atoms with Gasteiger partial charge in [-0.15, -0.1) is 0 Å². The number of anilines is 1. The van der Waals surface area contributed by atoms with Gasteiger partial charge in [0.1, 0.15) is 0 Å². The molecule has 1 fully saturated rings. The van der Waals surface area contributed by atoms with Crippen LogP contribution in [0.3, 0.4) is 0 Å². The lowest BCUT2D eigenvalue weighted by molar-refractivity contribution is 0.640. The van der Waals surface area contributed by atoms with Crippen LogP contribution in [-0.4, -0.2) is 34.0 Å². The van der Waals surface area contributed by atoms with Gasteiger partial charge in [0.05, 0.1) is 0 Å².